The number of nitrogens with zero attached hydrogens (tertiary/aromatic N) is 7. The largest absolute Gasteiger partial charge is 0.344 e. The number of aromatic nitrogens is 7. The first-order valence-corrected chi connectivity index (χ1v) is 10.4. The van der Waals surface area contributed by atoms with E-state index in [-0.39, 0.29) is 0 Å². The average Bonchev–Trinajstić information content (AvgIpc) is 3.52. The van der Waals surface area contributed by atoms with Gasteiger partial charge in [0.2, 0.25) is 0 Å². The molecule has 0 atom stereocenters. The second-order valence-corrected chi connectivity index (χ2v) is 8.03. The predicted molar refractivity (Wildman–Crippen MR) is 120 cm³/mol. The third-order valence-corrected chi connectivity index (χ3v) is 5.90. The molecule has 0 bridgehead atoms. The molecule has 0 amide bonds. The van der Waals surface area contributed by atoms with Crippen molar-refractivity contribution in [2.45, 2.75) is 12.8 Å². The highest BCUT2D eigenvalue weighted by molar-refractivity contribution is 5.91. The number of rotatable bonds is 3. The van der Waals surface area contributed by atoms with E-state index in [1.807, 2.05) is 56.0 Å². The van der Waals surface area contributed by atoms with Gasteiger partial charge in [0.1, 0.15) is 5.52 Å². The summed E-state index contributed by atoms with van der Waals surface area (Å²) in [6, 6.07) is 6.64. The normalized spacial score (nSPS) is 13.7. The molecule has 6 rings (SSSR count). The number of benzene rings is 1. The van der Waals surface area contributed by atoms with Gasteiger partial charge in [0, 0.05) is 61.6 Å². The van der Waals surface area contributed by atoms with Gasteiger partial charge in [-0.3, -0.25) is 9.36 Å². The molecule has 8 nitrogen and oxygen atoms in total. The molecular formula is C23H22N8. The Morgan fingerprint density at radius 1 is 0.935 bits per heavy atom. The molecule has 0 radical (unpaired) electrons. The Labute approximate surface area is 179 Å². The van der Waals surface area contributed by atoms with Crippen molar-refractivity contribution in [2.75, 3.05) is 11.4 Å². The standard InChI is InChI=1S/C23H22N8/c1-29-13-17(9-26-29)15-5-6-20-16(8-15)4-3-7-31(20)21-12-25-23-22(28-21)19(11-24-23)18-10-27-30(2)14-18/h5-6,8-14H,3-4,7H2,1-2H3,(H,24,25). The number of anilines is 2. The molecule has 0 saturated carbocycles. The van der Waals surface area contributed by atoms with Crippen LogP contribution in [-0.2, 0) is 20.5 Å². The molecule has 1 aromatic carbocycles. The Morgan fingerprint density at radius 3 is 2.52 bits per heavy atom. The van der Waals surface area contributed by atoms with E-state index in [9.17, 15) is 0 Å². The van der Waals surface area contributed by atoms with Crippen molar-refractivity contribution < 1.29 is 0 Å². The van der Waals surface area contributed by atoms with Gasteiger partial charge in [-0.1, -0.05) is 6.07 Å². The van der Waals surface area contributed by atoms with E-state index in [2.05, 4.69) is 43.3 Å². The SMILES string of the molecule is Cn1cc(-c2ccc3c(c2)CCCN3c2cnc3[nH]cc(-c4cnn(C)c4)c3n2)cn1. The fourth-order valence-electron chi connectivity index (χ4n) is 4.38. The van der Waals surface area contributed by atoms with Crippen LogP contribution >= 0.6 is 0 Å². The van der Waals surface area contributed by atoms with Gasteiger partial charge in [0.15, 0.2) is 11.5 Å². The van der Waals surface area contributed by atoms with Crippen LogP contribution in [0.3, 0.4) is 0 Å². The van der Waals surface area contributed by atoms with Gasteiger partial charge in [0.25, 0.3) is 0 Å². The van der Waals surface area contributed by atoms with E-state index in [0.717, 1.165) is 53.1 Å². The first-order chi connectivity index (χ1) is 15.2. The molecule has 5 aromatic rings. The van der Waals surface area contributed by atoms with Crippen LogP contribution in [0, 0.1) is 0 Å². The maximum Gasteiger partial charge on any atom is 0.156 e. The molecule has 0 saturated heterocycles. The third-order valence-electron chi connectivity index (χ3n) is 5.90. The van der Waals surface area contributed by atoms with E-state index in [1.54, 1.807) is 4.68 Å². The molecule has 1 aliphatic rings. The van der Waals surface area contributed by atoms with Crippen molar-refractivity contribution in [3.8, 4) is 22.3 Å². The summed E-state index contributed by atoms with van der Waals surface area (Å²) in [4.78, 5) is 15.2. The number of aryl methyl sites for hydroxylation is 3. The number of aromatic amines is 1. The highest BCUT2D eigenvalue weighted by atomic mass is 15.2. The molecule has 0 spiro atoms. The quantitative estimate of drug-likeness (QED) is 0.489. The van der Waals surface area contributed by atoms with Crippen LogP contribution in [0.5, 0.6) is 0 Å². The Balaban J connectivity index is 1.41. The summed E-state index contributed by atoms with van der Waals surface area (Å²) in [6.45, 7) is 0.923. The monoisotopic (exact) mass is 410 g/mol. The number of hydrogen-bond acceptors (Lipinski definition) is 5. The first kappa shape index (κ1) is 17.9. The first-order valence-electron chi connectivity index (χ1n) is 10.4. The summed E-state index contributed by atoms with van der Waals surface area (Å²) in [5.41, 5.74) is 8.55. The van der Waals surface area contributed by atoms with Crippen LogP contribution in [-0.4, -0.2) is 41.1 Å². The lowest BCUT2D eigenvalue weighted by atomic mass is 9.97. The van der Waals surface area contributed by atoms with Crippen LogP contribution in [0.15, 0.2) is 55.4 Å². The maximum absolute atomic E-state index is 5.01. The Bertz CT molecular complexity index is 1410. The minimum atomic E-state index is 0.784. The van der Waals surface area contributed by atoms with Crippen molar-refractivity contribution in [3.05, 3.63) is 60.9 Å². The van der Waals surface area contributed by atoms with Gasteiger partial charge in [0.05, 0.1) is 18.6 Å². The second kappa shape index (κ2) is 6.80. The Kier molecular flexibility index (Phi) is 3.92. The molecule has 31 heavy (non-hydrogen) atoms. The summed E-state index contributed by atoms with van der Waals surface area (Å²) < 4.78 is 3.63. The zero-order chi connectivity index (χ0) is 20.9. The Hall–Kier alpha value is -3.94. The van der Waals surface area contributed by atoms with Crippen LogP contribution in [0.4, 0.5) is 11.5 Å². The second-order valence-electron chi connectivity index (χ2n) is 8.03. The number of hydrogen-bond donors (Lipinski definition) is 1. The van der Waals surface area contributed by atoms with E-state index >= 15 is 0 Å². The Morgan fingerprint density at radius 2 is 1.74 bits per heavy atom. The van der Waals surface area contributed by atoms with E-state index < -0.39 is 0 Å². The summed E-state index contributed by atoms with van der Waals surface area (Å²) in [6.07, 6.45) is 13.7. The number of nitrogens with one attached hydrogen (secondary N) is 1. The highest BCUT2D eigenvalue weighted by Crippen LogP contribution is 2.36. The molecule has 0 aliphatic carbocycles. The summed E-state index contributed by atoms with van der Waals surface area (Å²) in [7, 11) is 3.86. The lowest BCUT2D eigenvalue weighted by Crippen LogP contribution is -2.25. The zero-order valence-electron chi connectivity index (χ0n) is 17.4. The fraction of sp³-hybridized carbons (Fsp3) is 0.217. The van der Waals surface area contributed by atoms with Gasteiger partial charge in [-0.05, 0) is 36.1 Å². The predicted octanol–water partition coefficient (Wildman–Crippen LogP) is 3.84. The molecule has 1 N–H and O–H groups in total. The highest BCUT2D eigenvalue weighted by Gasteiger charge is 2.21. The fourth-order valence-corrected chi connectivity index (χ4v) is 4.38. The van der Waals surface area contributed by atoms with E-state index in [4.69, 9.17) is 4.98 Å². The van der Waals surface area contributed by atoms with Gasteiger partial charge in [-0.25, -0.2) is 9.97 Å². The molecule has 1 aliphatic heterocycles. The van der Waals surface area contributed by atoms with Crippen molar-refractivity contribution in [2.24, 2.45) is 14.1 Å². The lowest BCUT2D eigenvalue weighted by molar-refractivity contribution is 0.760. The topological polar surface area (TPSA) is 80.5 Å². The van der Waals surface area contributed by atoms with Gasteiger partial charge in [-0.2, -0.15) is 10.2 Å². The van der Waals surface area contributed by atoms with E-state index in [1.165, 1.54) is 16.8 Å². The summed E-state index contributed by atoms with van der Waals surface area (Å²) in [5, 5.41) is 8.60. The summed E-state index contributed by atoms with van der Waals surface area (Å²) in [5.74, 6) is 0.868. The van der Waals surface area contributed by atoms with Crippen LogP contribution in [0.2, 0.25) is 0 Å². The minimum absolute atomic E-state index is 0.784. The molecular weight excluding hydrogens is 388 g/mol. The van der Waals surface area contributed by atoms with Crippen molar-refractivity contribution in [3.63, 3.8) is 0 Å². The van der Waals surface area contributed by atoms with E-state index in [0.29, 0.717) is 0 Å². The van der Waals surface area contributed by atoms with Crippen molar-refractivity contribution in [1.82, 2.24) is 34.5 Å². The third kappa shape index (κ3) is 2.99. The molecule has 5 heterocycles. The lowest BCUT2D eigenvalue weighted by Gasteiger charge is -2.30. The van der Waals surface area contributed by atoms with Crippen molar-refractivity contribution >= 4 is 22.7 Å². The van der Waals surface area contributed by atoms with Crippen LogP contribution < -0.4 is 4.90 Å². The van der Waals surface area contributed by atoms with Gasteiger partial charge < -0.3 is 9.88 Å². The van der Waals surface area contributed by atoms with Crippen LogP contribution in [0.25, 0.3) is 33.4 Å². The number of H-pyrrole nitrogens is 1. The smallest absolute Gasteiger partial charge is 0.156 e. The van der Waals surface area contributed by atoms with Crippen LogP contribution in [0.1, 0.15) is 12.0 Å². The molecule has 154 valence electrons. The average molecular weight is 410 g/mol. The number of fused-ring (bicyclic) bond motifs is 2. The van der Waals surface area contributed by atoms with Gasteiger partial charge in [-0.15, -0.1) is 0 Å². The molecule has 8 heteroatoms. The molecule has 4 aromatic heterocycles. The minimum Gasteiger partial charge on any atom is -0.344 e. The molecule has 0 fully saturated rings. The summed E-state index contributed by atoms with van der Waals surface area (Å²) >= 11 is 0. The van der Waals surface area contributed by atoms with Gasteiger partial charge >= 0.3 is 0 Å². The maximum atomic E-state index is 5.01. The zero-order valence-corrected chi connectivity index (χ0v) is 17.4. The van der Waals surface area contributed by atoms with Crippen molar-refractivity contribution in [1.29, 1.82) is 0 Å². The molecule has 0 unspecified atom stereocenters.